The lowest BCUT2D eigenvalue weighted by molar-refractivity contribution is -0.917. The second-order valence-corrected chi connectivity index (χ2v) is 7.10. The molecule has 0 bridgehead atoms. The Balaban J connectivity index is 1.43. The van der Waals surface area contributed by atoms with Gasteiger partial charge in [0.25, 0.3) is 5.91 Å². The molecule has 1 aliphatic rings. The highest BCUT2D eigenvalue weighted by Crippen LogP contribution is 2.16. The molecule has 25 heavy (non-hydrogen) atoms. The molecule has 0 spiro atoms. The van der Waals surface area contributed by atoms with Gasteiger partial charge in [-0.2, -0.15) is 0 Å². The number of hydrogen-bond donors (Lipinski definition) is 1. The van der Waals surface area contributed by atoms with Gasteiger partial charge in [-0.05, 0) is 36.4 Å². The van der Waals surface area contributed by atoms with Gasteiger partial charge in [-0.25, -0.2) is 4.39 Å². The number of nitrogens with zero attached hydrogens (tertiary/aromatic N) is 1. The maximum absolute atomic E-state index is 13.3. The molecule has 6 heteroatoms. The van der Waals surface area contributed by atoms with Crippen LogP contribution in [0.5, 0.6) is 5.75 Å². The molecular formula is C19H21BrFN2O2+. The number of carbonyl (C=O) groups is 1. The van der Waals surface area contributed by atoms with Crippen LogP contribution in [-0.4, -0.2) is 43.6 Å². The van der Waals surface area contributed by atoms with Gasteiger partial charge in [-0.1, -0.05) is 28.1 Å². The van der Waals surface area contributed by atoms with Crippen LogP contribution in [0, 0.1) is 5.82 Å². The topological polar surface area (TPSA) is 34.0 Å². The number of piperazine rings is 1. The summed E-state index contributed by atoms with van der Waals surface area (Å²) in [6.45, 7) is 3.97. The molecule has 0 atom stereocenters. The quantitative estimate of drug-likeness (QED) is 0.820. The summed E-state index contributed by atoms with van der Waals surface area (Å²) < 4.78 is 19.8. The minimum Gasteiger partial charge on any atom is -0.484 e. The van der Waals surface area contributed by atoms with E-state index in [-0.39, 0.29) is 18.3 Å². The maximum atomic E-state index is 13.3. The van der Waals surface area contributed by atoms with E-state index in [2.05, 4.69) is 15.9 Å². The number of hydrogen-bond acceptors (Lipinski definition) is 2. The van der Waals surface area contributed by atoms with Gasteiger partial charge in [-0.15, -0.1) is 0 Å². The van der Waals surface area contributed by atoms with Crippen molar-refractivity contribution in [2.75, 3.05) is 32.8 Å². The molecule has 0 saturated carbocycles. The molecule has 1 aliphatic heterocycles. The van der Waals surface area contributed by atoms with Crippen molar-refractivity contribution in [3.63, 3.8) is 0 Å². The predicted molar refractivity (Wildman–Crippen MR) is 97.0 cm³/mol. The number of amides is 1. The summed E-state index contributed by atoms with van der Waals surface area (Å²) in [7, 11) is 0. The van der Waals surface area contributed by atoms with Crippen molar-refractivity contribution < 1.29 is 18.8 Å². The summed E-state index contributed by atoms with van der Waals surface area (Å²) in [5, 5.41) is 0. The van der Waals surface area contributed by atoms with Gasteiger partial charge in [0.1, 0.15) is 18.1 Å². The molecule has 0 aliphatic carbocycles. The summed E-state index contributed by atoms with van der Waals surface area (Å²) >= 11 is 3.37. The smallest absolute Gasteiger partial charge is 0.260 e. The van der Waals surface area contributed by atoms with E-state index in [1.165, 1.54) is 11.0 Å². The zero-order valence-electron chi connectivity index (χ0n) is 13.9. The van der Waals surface area contributed by atoms with E-state index >= 15 is 0 Å². The molecule has 1 fully saturated rings. The van der Waals surface area contributed by atoms with E-state index in [0.29, 0.717) is 18.8 Å². The highest BCUT2D eigenvalue weighted by atomic mass is 79.9. The first-order valence-electron chi connectivity index (χ1n) is 8.34. The van der Waals surface area contributed by atoms with Crippen LogP contribution in [0.3, 0.4) is 0 Å². The molecule has 3 rings (SSSR count). The number of halogens is 2. The van der Waals surface area contributed by atoms with Crippen LogP contribution < -0.4 is 9.64 Å². The molecule has 2 aromatic carbocycles. The lowest BCUT2D eigenvalue weighted by atomic mass is 10.2. The van der Waals surface area contributed by atoms with E-state index in [9.17, 15) is 9.18 Å². The normalized spacial score (nSPS) is 15.2. The van der Waals surface area contributed by atoms with Crippen LogP contribution >= 0.6 is 15.9 Å². The van der Waals surface area contributed by atoms with Crippen LogP contribution in [0.1, 0.15) is 5.56 Å². The first kappa shape index (κ1) is 17.9. The summed E-state index contributed by atoms with van der Waals surface area (Å²) in [6.07, 6.45) is 0. The zero-order chi connectivity index (χ0) is 17.6. The third-order valence-corrected chi connectivity index (χ3v) is 4.87. The van der Waals surface area contributed by atoms with Gasteiger partial charge in [0.15, 0.2) is 6.61 Å². The summed E-state index contributed by atoms with van der Waals surface area (Å²) in [5.74, 6) is 0.496. The molecule has 1 saturated heterocycles. The largest absolute Gasteiger partial charge is 0.484 e. The van der Waals surface area contributed by atoms with Crippen molar-refractivity contribution in [1.82, 2.24) is 4.90 Å². The number of nitrogens with one attached hydrogen (secondary N) is 1. The molecule has 1 heterocycles. The maximum Gasteiger partial charge on any atom is 0.260 e. The number of carbonyl (C=O) groups excluding carboxylic acids is 1. The van der Waals surface area contributed by atoms with Crippen molar-refractivity contribution in [2.24, 2.45) is 0 Å². The van der Waals surface area contributed by atoms with E-state index in [4.69, 9.17) is 4.74 Å². The van der Waals surface area contributed by atoms with Gasteiger partial charge in [0.05, 0.1) is 26.2 Å². The second kappa shape index (κ2) is 8.45. The Morgan fingerprint density at radius 3 is 2.56 bits per heavy atom. The van der Waals surface area contributed by atoms with Gasteiger partial charge in [0, 0.05) is 10.0 Å². The van der Waals surface area contributed by atoms with Gasteiger partial charge < -0.3 is 14.5 Å². The molecular weight excluding hydrogens is 387 g/mol. The lowest BCUT2D eigenvalue weighted by Gasteiger charge is -2.32. The molecule has 4 nitrogen and oxygen atoms in total. The number of ether oxygens (including phenoxy) is 1. The van der Waals surface area contributed by atoms with E-state index < -0.39 is 0 Å². The highest BCUT2D eigenvalue weighted by Gasteiger charge is 2.24. The fraction of sp³-hybridized carbons (Fsp3) is 0.316. The van der Waals surface area contributed by atoms with Crippen molar-refractivity contribution >= 4 is 21.8 Å². The Kier molecular flexibility index (Phi) is 6.04. The lowest BCUT2D eigenvalue weighted by Crippen LogP contribution is -3.13. The Labute approximate surface area is 155 Å². The highest BCUT2D eigenvalue weighted by molar-refractivity contribution is 9.10. The van der Waals surface area contributed by atoms with Crippen LogP contribution in [0.4, 0.5) is 4.39 Å². The fourth-order valence-corrected chi connectivity index (χ4v) is 3.22. The molecule has 2 aromatic rings. The van der Waals surface area contributed by atoms with Crippen LogP contribution in [0.25, 0.3) is 0 Å². The predicted octanol–water partition coefficient (Wildman–Crippen LogP) is 1.89. The third-order valence-electron chi connectivity index (χ3n) is 4.34. The van der Waals surface area contributed by atoms with Crippen LogP contribution in [0.2, 0.25) is 0 Å². The Morgan fingerprint density at radius 1 is 1.16 bits per heavy atom. The number of rotatable bonds is 5. The standard InChI is InChI=1S/C19H20BrFN2O2/c20-16-4-6-18(7-5-16)25-14-19(24)23-10-8-22(9-11-23)13-15-2-1-3-17(21)12-15/h1-7,12H,8-11,13-14H2/p+1. The average Bonchev–Trinajstić information content (AvgIpc) is 2.62. The van der Waals surface area contributed by atoms with Crippen molar-refractivity contribution in [2.45, 2.75) is 6.54 Å². The minimum atomic E-state index is -0.198. The monoisotopic (exact) mass is 407 g/mol. The first-order valence-corrected chi connectivity index (χ1v) is 9.13. The van der Waals surface area contributed by atoms with Crippen LogP contribution in [-0.2, 0) is 11.3 Å². The van der Waals surface area contributed by atoms with Crippen molar-refractivity contribution in [3.05, 3.63) is 64.4 Å². The van der Waals surface area contributed by atoms with Crippen molar-refractivity contribution in [1.29, 1.82) is 0 Å². The molecule has 0 radical (unpaired) electrons. The average molecular weight is 408 g/mol. The molecule has 0 unspecified atom stereocenters. The summed E-state index contributed by atoms with van der Waals surface area (Å²) in [6, 6.07) is 14.2. The minimum absolute atomic E-state index is 0.00715. The molecule has 0 aromatic heterocycles. The van der Waals surface area contributed by atoms with Crippen molar-refractivity contribution in [3.8, 4) is 5.75 Å². The Morgan fingerprint density at radius 2 is 1.88 bits per heavy atom. The number of quaternary nitrogens is 1. The summed E-state index contributed by atoms with van der Waals surface area (Å²) in [4.78, 5) is 15.5. The number of benzene rings is 2. The Bertz CT molecular complexity index is 716. The second-order valence-electron chi connectivity index (χ2n) is 6.18. The van der Waals surface area contributed by atoms with E-state index in [0.717, 1.165) is 29.7 Å². The molecule has 1 amide bonds. The molecule has 132 valence electrons. The SMILES string of the molecule is O=C(COc1ccc(Br)cc1)N1CC[NH+](Cc2cccc(F)c2)CC1. The van der Waals surface area contributed by atoms with Gasteiger partial charge in [0.2, 0.25) is 0 Å². The van der Waals surface area contributed by atoms with Gasteiger partial charge >= 0.3 is 0 Å². The Hall–Kier alpha value is -1.92. The molecule has 1 N–H and O–H groups in total. The zero-order valence-corrected chi connectivity index (χ0v) is 15.5. The van der Waals surface area contributed by atoms with Crippen LogP contribution in [0.15, 0.2) is 53.0 Å². The van der Waals surface area contributed by atoms with E-state index in [1.807, 2.05) is 35.2 Å². The fourth-order valence-electron chi connectivity index (χ4n) is 2.95. The third kappa shape index (κ3) is 5.28. The van der Waals surface area contributed by atoms with E-state index in [1.54, 1.807) is 12.1 Å². The van der Waals surface area contributed by atoms with Gasteiger partial charge in [-0.3, -0.25) is 4.79 Å². The first-order chi connectivity index (χ1) is 12.1. The summed E-state index contributed by atoms with van der Waals surface area (Å²) in [5.41, 5.74) is 0.994.